The average molecular weight is 300 g/mol. The molecule has 0 bridgehead atoms. The van der Waals surface area contributed by atoms with Crippen molar-refractivity contribution >= 4 is 15.9 Å². The fourth-order valence-corrected chi connectivity index (χ4v) is 3.06. The highest BCUT2D eigenvalue weighted by molar-refractivity contribution is 9.10. The fraction of sp³-hybridized carbons (Fsp3) is 0.571. The molecular weight excluding hydrogens is 281 g/mol. The molecule has 0 radical (unpaired) electrons. The molecule has 0 heterocycles. The lowest BCUT2D eigenvalue weighted by Crippen LogP contribution is -2.30. The third kappa shape index (κ3) is 3.52. The van der Waals surface area contributed by atoms with Crippen LogP contribution in [0.15, 0.2) is 22.7 Å². The van der Waals surface area contributed by atoms with E-state index in [4.69, 9.17) is 5.73 Å². The smallest absolute Gasteiger partial charge is 0.123 e. The van der Waals surface area contributed by atoms with Crippen molar-refractivity contribution in [3.8, 4) is 0 Å². The minimum absolute atomic E-state index is 0.162. The summed E-state index contributed by atoms with van der Waals surface area (Å²) in [4.78, 5) is 0. The summed E-state index contributed by atoms with van der Waals surface area (Å²) in [6.45, 7) is 0. The van der Waals surface area contributed by atoms with Crippen LogP contribution >= 0.6 is 15.9 Å². The summed E-state index contributed by atoms with van der Waals surface area (Å²) < 4.78 is 14.2. The molecule has 2 rings (SSSR count). The summed E-state index contributed by atoms with van der Waals surface area (Å²) in [6, 6.07) is 5.17. The summed E-state index contributed by atoms with van der Waals surface area (Å²) in [6.07, 6.45) is 6.95. The molecule has 94 valence electrons. The van der Waals surface area contributed by atoms with Crippen molar-refractivity contribution in [1.29, 1.82) is 0 Å². The Kier molecular flexibility index (Phi) is 4.57. The van der Waals surface area contributed by atoms with Gasteiger partial charge in [-0.25, -0.2) is 4.39 Å². The van der Waals surface area contributed by atoms with Crippen LogP contribution in [0.2, 0.25) is 0 Å². The molecule has 1 nitrogen and oxygen atoms in total. The van der Waals surface area contributed by atoms with Crippen LogP contribution in [0.1, 0.15) is 37.7 Å². The first kappa shape index (κ1) is 13.0. The second kappa shape index (κ2) is 5.96. The van der Waals surface area contributed by atoms with Crippen molar-refractivity contribution < 1.29 is 4.39 Å². The fourth-order valence-electron chi connectivity index (χ4n) is 2.65. The Morgan fingerprint density at radius 2 is 2.00 bits per heavy atom. The minimum Gasteiger partial charge on any atom is -0.327 e. The van der Waals surface area contributed by atoms with E-state index < -0.39 is 0 Å². The van der Waals surface area contributed by atoms with E-state index in [9.17, 15) is 4.39 Å². The van der Waals surface area contributed by atoms with Crippen molar-refractivity contribution in [1.82, 2.24) is 0 Å². The SMILES string of the molecule is NC1CCCCCC1Cc1cc(F)ccc1Br. The van der Waals surface area contributed by atoms with Gasteiger partial charge in [0.05, 0.1) is 0 Å². The average Bonchev–Trinajstić information content (AvgIpc) is 2.50. The topological polar surface area (TPSA) is 26.0 Å². The molecule has 1 fully saturated rings. The first-order chi connectivity index (χ1) is 8.16. The Bertz CT molecular complexity index is 380. The van der Waals surface area contributed by atoms with Crippen molar-refractivity contribution in [3.63, 3.8) is 0 Å². The maximum atomic E-state index is 13.2. The predicted molar refractivity (Wildman–Crippen MR) is 72.4 cm³/mol. The highest BCUT2D eigenvalue weighted by Crippen LogP contribution is 2.28. The number of benzene rings is 1. The first-order valence-electron chi connectivity index (χ1n) is 6.36. The van der Waals surface area contributed by atoms with Crippen molar-refractivity contribution in [2.75, 3.05) is 0 Å². The third-order valence-electron chi connectivity index (χ3n) is 3.71. The van der Waals surface area contributed by atoms with Crippen LogP contribution in [0, 0.1) is 11.7 Å². The normalized spacial score (nSPS) is 25.6. The van der Waals surface area contributed by atoms with Gasteiger partial charge in [0.2, 0.25) is 0 Å². The quantitative estimate of drug-likeness (QED) is 0.820. The van der Waals surface area contributed by atoms with Gasteiger partial charge in [-0.3, -0.25) is 0 Å². The summed E-state index contributed by atoms with van der Waals surface area (Å²) in [5.74, 6) is 0.334. The van der Waals surface area contributed by atoms with E-state index in [1.807, 2.05) is 0 Å². The monoisotopic (exact) mass is 299 g/mol. The predicted octanol–water partition coefficient (Wildman–Crippen LogP) is 4.04. The lowest BCUT2D eigenvalue weighted by Gasteiger charge is -2.21. The molecule has 0 spiro atoms. The number of rotatable bonds is 2. The standard InChI is InChI=1S/C14H19BrFN/c15-13-7-6-12(16)9-11(13)8-10-4-2-1-3-5-14(10)17/h6-7,9-10,14H,1-5,8,17H2. The van der Waals surface area contributed by atoms with Gasteiger partial charge in [-0.1, -0.05) is 35.2 Å². The number of halogens is 2. The lowest BCUT2D eigenvalue weighted by molar-refractivity contribution is 0.394. The highest BCUT2D eigenvalue weighted by atomic mass is 79.9. The number of hydrogen-bond acceptors (Lipinski definition) is 1. The van der Waals surface area contributed by atoms with E-state index in [1.165, 1.54) is 31.7 Å². The van der Waals surface area contributed by atoms with Gasteiger partial charge in [-0.05, 0) is 48.9 Å². The maximum absolute atomic E-state index is 13.2. The first-order valence-corrected chi connectivity index (χ1v) is 7.15. The second-order valence-electron chi connectivity index (χ2n) is 5.00. The molecule has 1 aliphatic carbocycles. The van der Waals surface area contributed by atoms with Crippen LogP contribution in [0.4, 0.5) is 4.39 Å². The zero-order chi connectivity index (χ0) is 12.3. The largest absolute Gasteiger partial charge is 0.327 e. The Morgan fingerprint density at radius 1 is 1.24 bits per heavy atom. The van der Waals surface area contributed by atoms with Gasteiger partial charge in [-0.2, -0.15) is 0 Å². The van der Waals surface area contributed by atoms with Crippen molar-refractivity contribution in [2.24, 2.45) is 11.7 Å². The zero-order valence-electron chi connectivity index (χ0n) is 9.96. The van der Waals surface area contributed by atoms with Crippen LogP contribution in [0.5, 0.6) is 0 Å². The van der Waals surface area contributed by atoms with Crippen LogP contribution in [0.25, 0.3) is 0 Å². The molecule has 3 heteroatoms. The second-order valence-corrected chi connectivity index (χ2v) is 5.86. The molecule has 1 aliphatic rings. The molecule has 2 N–H and O–H groups in total. The van der Waals surface area contributed by atoms with E-state index >= 15 is 0 Å². The zero-order valence-corrected chi connectivity index (χ0v) is 11.5. The maximum Gasteiger partial charge on any atom is 0.123 e. The van der Waals surface area contributed by atoms with Gasteiger partial charge in [-0.15, -0.1) is 0 Å². The van der Waals surface area contributed by atoms with Crippen LogP contribution in [-0.4, -0.2) is 6.04 Å². The summed E-state index contributed by atoms with van der Waals surface area (Å²) in [7, 11) is 0. The van der Waals surface area contributed by atoms with E-state index in [2.05, 4.69) is 15.9 Å². The molecule has 0 aliphatic heterocycles. The van der Waals surface area contributed by atoms with Gasteiger partial charge < -0.3 is 5.73 Å². The Balaban J connectivity index is 2.10. The van der Waals surface area contributed by atoms with Gasteiger partial charge in [0.25, 0.3) is 0 Å². The highest BCUT2D eigenvalue weighted by Gasteiger charge is 2.21. The summed E-state index contributed by atoms with van der Waals surface area (Å²) in [5.41, 5.74) is 7.25. The van der Waals surface area contributed by atoms with Gasteiger partial charge in [0, 0.05) is 10.5 Å². The van der Waals surface area contributed by atoms with Crippen LogP contribution in [0.3, 0.4) is 0 Å². The van der Waals surface area contributed by atoms with E-state index in [1.54, 1.807) is 12.1 Å². The molecule has 0 amide bonds. The van der Waals surface area contributed by atoms with Crippen LogP contribution < -0.4 is 5.73 Å². The van der Waals surface area contributed by atoms with E-state index in [-0.39, 0.29) is 11.9 Å². The Hall–Kier alpha value is -0.410. The minimum atomic E-state index is -0.162. The number of hydrogen-bond donors (Lipinski definition) is 1. The third-order valence-corrected chi connectivity index (χ3v) is 4.48. The van der Waals surface area contributed by atoms with E-state index in [0.29, 0.717) is 5.92 Å². The van der Waals surface area contributed by atoms with E-state index in [0.717, 1.165) is 22.9 Å². The van der Waals surface area contributed by atoms with Crippen molar-refractivity contribution in [3.05, 3.63) is 34.1 Å². The van der Waals surface area contributed by atoms with Gasteiger partial charge in [0.1, 0.15) is 5.82 Å². The number of nitrogens with two attached hydrogens (primary N) is 1. The molecule has 2 atom stereocenters. The molecular formula is C14H19BrFN. The molecule has 17 heavy (non-hydrogen) atoms. The molecule has 1 aromatic rings. The lowest BCUT2D eigenvalue weighted by atomic mass is 9.89. The summed E-state index contributed by atoms with van der Waals surface area (Å²) in [5, 5.41) is 0. The molecule has 0 aromatic heterocycles. The Labute approximate surface area is 111 Å². The molecule has 2 unspecified atom stereocenters. The van der Waals surface area contributed by atoms with Gasteiger partial charge >= 0.3 is 0 Å². The van der Waals surface area contributed by atoms with Crippen LogP contribution in [-0.2, 0) is 6.42 Å². The van der Waals surface area contributed by atoms with Crippen molar-refractivity contribution in [2.45, 2.75) is 44.6 Å². The Morgan fingerprint density at radius 3 is 2.82 bits per heavy atom. The molecule has 1 aromatic carbocycles. The van der Waals surface area contributed by atoms with Gasteiger partial charge in [0.15, 0.2) is 0 Å². The molecule has 1 saturated carbocycles. The summed E-state index contributed by atoms with van der Waals surface area (Å²) >= 11 is 3.49. The molecule has 0 saturated heterocycles.